The van der Waals surface area contributed by atoms with Crippen molar-refractivity contribution in [1.82, 2.24) is 10.2 Å². The molecule has 0 aliphatic carbocycles. The maximum Gasteiger partial charge on any atom is 0.264 e. The van der Waals surface area contributed by atoms with E-state index in [2.05, 4.69) is 5.32 Å². The van der Waals surface area contributed by atoms with Crippen LogP contribution in [0.4, 0.5) is 5.69 Å². The highest BCUT2D eigenvalue weighted by molar-refractivity contribution is 7.92. The summed E-state index contributed by atoms with van der Waals surface area (Å²) in [6.07, 6.45) is 1.75. The van der Waals surface area contributed by atoms with E-state index in [0.29, 0.717) is 18.0 Å². The summed E-state index contributed by atoms with van der Waals surface area (Å²) in [7, 11) is -2.63. The van der Waals surface area contributed by atoms with Crippen LogP contribution < -0.4 is 14.4 Å². The van der Waals surface area contributed by atoms with Gasteiger partial charge in [0.25, 0.3) is 10.0 Å². The largest absolute Gasteiger partial charge is 0.497 e. The van der Waals surface area contributed by atoms with Crippen molar-refractivity contribution in [1.29, 1.82) is 0 Å². The number of nitrogens with one attached hydrogen (secondary N) is 1. The second-order valence-electron chi connectivity index (χ2n) is 9.85. The predicted octanol–water partition coefficient (Wildman–Crippen LogP) is 4.84. The average Bonchev–Trinajstić information content (AvgIpc) is 2.94. The molecular formula is C31H39N3O5S. The van der Waals surface area contributed by atoms with Crippen LogP contribution in [0.1, 0.15) is 43.4 Å². The van der Waals surface area contributed by atoms with Gasteiger partial charge in [-0.2, -0.15) is 0 Å². The van der Waals surface area contributed by atoms with Crippen molar-refractivity contribution in [3.05, 3.63) is 89.5 Å². The first-order chi connectivity index (χ1) is 19.1. The fourth-order valence-corrected chi connectivity index (χ4v) is 5.65. The molecule has 2 amide bonds. The Labute approximate surface area is 238 Å². The number of methoxy groups -OCH3 is 1. The van der Waals surface area contributed by atoms with Gasteiger partial charge in [0.15, 0.2) is 0 Å². The van der Waals surface area contributed by atoms with E-state index in [0.717, 1.165) is 33.8 Å². The van der Waals surface area contributed by atoms with Gasteiger partial charge in [-0.15, -0.1) is 0 Å². The molecule has 0 aliphatic heterocycles. The number of carbonyl (C=O) groups excluding carboxylic acids is 2. The highest BCUT2D eigenvalue weighted by Crippen LogP contribution is 2.26. The van der Waals surface area contributed by atoms with Crippen LogP contribution >= 0.6 is 0 Å². The van der Waals surface area contributed by atoms with Crippen LogP contribution in [0.5, 0.6) is 5.75 Å². The summed E-state index contributed by atoms with van der Waals surface area (Å²) in [4.78, 5) is 28.5. The molecule has 0 bridgehead atoms. The molecule has 214 valence electrons. The van der Waals surface area contributed by atoms with E-state index >= 15 is 0 Å². The van der Waals surface area contributed by atoms with Gasteiger partial charge >= 0.3 is 0 Å². The van der Waals surface area contributed by atoms with E-state index in [9.17, 15) is 18.0 Å². The molecule has 0 aromatic heterocycles. The van der Waals surface area contributed by atoms with Crippen molar-refractivity contribution < 1.29 is 22.7 Å². The number of hydrogen-bond donors (Lipinski definition) is 1. The Morgan fingerprint density at radius 1 is 0.950 bits per heavy atom. The number of anilines is 1. The highest BCUT2D eigenvalue weighted by Gasteiger charge is 2.32. The number of ether oxygens (including phenoxy) is 1. The van der Waals surface area contributed by atoms with Gasteiger partial charge in [0.1, 0.15) is 18.3 Å². The van der Waals surface area contributed by atoms with Gasteiger partial charge in [0.05, 0.1) is 17.7 Å². The maximum atomic E-state index is 14.0. The standard InChI is InChI=1S/C31H39N3O5S/c1-6-7-19-32-31(36)25(4)33(21-26-10-8-9-24(3)20-26)30(35)22-34(27-13-11-23(2)12-14-27)40(37,38)29-17-15-28(39-5)16-18-29/h8-18,20,25H,6-7,19,21-22H2,1-5H3,(H,32,36). The first-order valence-electron chi connectivity index (χ1n) is 13.4. The number of benzene rings is 3. The molecule has 1 unspecified atom stereocenters. The van der Waals surface area contributed by atoms with Gasteiger partial charge in [-0.1, -0.05) is 60.9 Å². The van der Waals surface area contributed by atoms with Crippen LogP contribution in [0.15, 0.2) is 77.7 Å². The van der Waals surface area contributed by atoms with Crippen LogP contribution in [0.2, 0.25) is 0 Å². The summed E-state index contributed by atoms with van der Waals surface area (Å²) in [5, 5.41) is 2.90. The molecular weight excluding hydrogens is 526 g/mol. The number of amides is 2. The summed E-state index contributed by atoms with van der Waals surface area (Å²) < 4.78 is 34.1. The molecule has 0 saturated heterocycles. The van der Waals surface area contributed by atoms with Crippen LogP contribution in [0.3, 0.4) is 0 Å². The van der Waals surface area contributed by atoms with Crippen molar-refractivity contribution in [2.45, 2.75) is 58.0 Å². The van der Waals surface area contributed by atoms with Gasteiger partial charge < -0.3 is 15.0 Å². The van der Waals surface area contributed by atoms with Gasteiger partial charge in [-0.25, -0.2) is 8.42 Å². The first kappa shape index (κ1) is 30.7. The van der Waals surface area contributed by atoms with E-state index in [1.807, 2.05) is 45.0 Å². The number of nitrogens with zero attached hydrogens (tertiary/aromatic N) is 2. The lowest BCUT2D eigenvalue weighted by Crippen LogP contribution is -2.51. The zero-order chi connectivity index (χ0) is 29.3. The maximum absolute atomic E-state index is 14.0. The lowest BCUT2D eigenvalue weighted by Gasteiger charge is -2.32. The number of aryl methyl sites for hydroxylation is 2. The summed E-state index contributed by atoms with van der Waals surface area (Å²) in [5.74, 6) is -0.254. The quantitative estimate of drug-likeness (QED) is 0.299. The Morgan fingerprint density at radius 2 is 1.62 bits per heavy atom. The number of hydrogen-bond acceptors (Lipinski definition) is 5. The molecule has 1 N–H and O–H groups in total. The van der Waals surface area contributed by atoms with Crippen LogP contribution in [0, 0.1) is 13.8 Å². The van der Waals surface area contributed by atoms with Crippen molar-refractivity contribution in [3.8, 4) is 5.75 Å². The van der Waals surface area contributed by atoms with Crippen molar-refractivity contribution in [2.75, 3.05) is 24.5 Å². The number of carbonyl (C=O) groups is 2. The topological polar surface area (TPSA) is 96.0 Å². The van der Waals surface area contributed by atoms with Crippen LogP contribution in [-0.2, 0) is 26.2 Å². The van der Waals surface area contributed by atoms with Gasteiger partial charge in [0.2, 0.25) is 11.8 Å². The normalized spacial score (nSPS) is 11.9. The number of rotatable bonds is 13. The van der Waals surface area contributed by atoms with E-state index in [1.54, 1.807) is 43.3 Å². The molecule has 3 aromatic rings. The zero-order valence-corrected chi connectivity index (χ0v) is 24.7. The zero-order valence-electron chi connectivity index (χ0n) is 23.9. The molecule has 0 fully saturated rings. The Hall–Kier alpha value is -3.85. The molecule has 0 spiro atoms. The average molecular weight is 566 g/mol. The molecule has 8 nitrogen and oxygen atoms in total. The van der Waals surface area contributed by atoms with Gasteiger partial charge in [-0.3, -0.25) is 13.9 Å². The van der Waals surface area contributed by atoms with Gasteiger partial charge in [0, 0.05) is 13.1 Å². The number of sulfonamides is 1. The molecule has 9 heteroatoms. The SMILES string of the molecule is CCCCNC(=O)C(C)N(Cc1cccc(C)c1)C(=O)CN(c1ccc(C)cc1)S(=O)(=O)c1ccc(OC)cc1. The molecule has 40 heavy (non-hydrogen) atoms. The summed E-state index contributed by atoms with van der Waals surface area (Å²) in [6.45, 7) is 7.75. The third kappa shape index (κ3) is 7.85. The van der Waals surface area contributed by atoms with Crippen molar-refractivity contribution in [3.63, 3.8) is 0 Å². The molecule has 1 atom stereocenters. The lowest BCUT2D eigenvalue weighted by atomic mass is 10.1. The minimum Gasteiger partial charge on any atom is -0.497 e. The summed E-state index contributed by atoms with van der Waals surface area (Å²) in [5.41, 5.74) is 3.18. The second-order valence-corrected chi connectivity index (χ2v) is 11.7. The third-order valence-electron chi connectivity index (χ3n) is 6.68. The minimum atomic E-state index is -4.13. The van der Waals surface area contributed by atoms with Crippen LogP contribution in [0.25, 0.3) is 0 Å². The molecule has 0 radical (unpaired) electrons. The van der Waals surface area contributed by atoms with Gasteiger partial charge in [-0.05, 0) is 69.2 Å². The highest BCUT2D eigenvalue weighted by atomic mass is 32.2. The molecule has 3 aromatic carbocycles. The third-order valence-corrected chi connectivity index (χ3v) is 8.47. The smallest absolute Gasteiger partial charge is 0.264 e. The lowest BCUT2D eigenvalue weighted by molar-refractivity contribution is -0.139. The summed E-state index contributed by atoms with van der Waals surface area (Å²) >= 11 is 0. The van der Waals surface area contributed by atoms with E-state index < -0.39 is 28.5 Å². The fraction of sp³-hybridized carbons (Fsp3) is 0.355. The Morgan fingerprint density at radius 3 is 2.23 bits per heavy atom. The number of unbranched alkanes of at least 4 members (excludes halogenated alkanes) is 1. The van der Waals surface area contributed by atoms with E-state index in [-0.39, 0.29) is 17.3 Å². The Bertz CT molecular complexity index is 1390. The monoisotopic (exact) mass is 565 g/mol. The van der Waals surface area contributed by atoms with E-state index in [4.69, 9.17) is 4.74 Å². The van der Waals surface area contributed by atoms with E-state index in [1.165, 1.54) is 24.1 Å². The first-order valence-corrected chi connectivity index (χ1v) is 14.9. The molecule has 0 heterocycles. The van der Waals surface area contributed by atoms with Crippen LogP contribution in [-0.4, -0.2) is 51.4 Å². The molecule has 0 aliphatic rings. The van der Waals surface area contributed by atoms with Crippen molar-refractivity contribution in [2.24, 2.45) is 0 Å². The Balaban J connectivity index is 2.00. The minimum absolute atomic E-state index is 0.0252. The molecule has 3 rings (SSSR count). The molecule has 0 saturated carbocycles. The van der Waals surface area contributed by atoms with Crippen molar-refractivity contribution >= 4 is 27.5 Å². The predicted molar refractivity (Wildman–Crippen MR) is 158 cm³/mol. The Kier molecular flexibility index (Phi) is 10.7. The second kappa shape index (κ2) is 14.0. The summed E-state index contributed by atoms with van der Waals surface area (Å²) in [6, 6.07) is 19.9. The fourth-order valence-electron chi connectivity index (χ4n) is 4.24.